The molecule has 2 saturated heterocycles. The van der Waals surface area contributed by atoms with Crippen molar-refractivity contribution < 1.29 is 9.53 Å². The molecule has 1 aliphatic carbocycles. The van der Waals surface area contributed by atoms with E-state index >= 15 is 0 Å². The Kier molecular flexibility index (Phi) is 3.15. The Morgan fingerprint density at radius 3 is 2.92 bits per heavy atom. The average Bonchev–Trinajstić information content (AvgIpc) is 3.16. The Morgan fingerprint density at radius 1 is 1.36 bits per heavy atom. The van der Waals surface area contributed by atoms with Crippen LogP contribution in [0, 0.1) is 5.92 Å². The molecule has 0 aromatic heterocycles. The van der Waals surface area contributed by atoms with Crippen LogP contribution >= 0.6 is 0 Å². The third-order valence-electron chi connectivity index (χ3n) is 7.27. The van der Waals surface area contributed by atoms with E-state index in [9.17, 15) is 4.79 Å². The van der Waals surface area contributed by atoms with Gasteiger partial charge < -0.3 is 9.64 Å². The molecular formula is C21H26N2O2. The number of carbonyl (C=O) groups is 1. The topological polar surface area (TPSA) is 32.8 Å². The van der Waals surface area contributed by atoms with E-state index in [1.165, 1.54) is 18.5 Å². The number of allylic oxidation sites excluding steroid dienone is 1. The summed E-state index contributed by atoms with van der Waals surface area (Å²) >= 11 is 0. The van der Waals surface area contributed by atoms with Gasteiger partial charge in [0.1, 0.15) is 5.75 Å². The summed E-state index contributed by atoms with van der Waals surface area (Å²) in [7, 11) is 1.71. The van der Waals surface area contributed by atoms with Crippen molar-refractivity contribution in [3.8, 4) is 5.75 Å². The van der Waals surface area contributed by atoms with Crippen LogP contribution in [0.25, 0.3) is 0 Å². The molecule has 1 aromatic carbocycles. The summed E-state index contributed by atoms with van der Waals surface area (Å²) in [5.41, 5.74) is 4.01. The molecule has 0 N–H and O–H groups in total. The van der Waals surface area contributed by atoms with Gasteiger partial charge >= 0.3 is 0 Å². The molecule has 25 heavy (non-hydrogen) atoms. The highest BCUT2D eigenvalue weighted by molar-refractivity contribution is 5.98. The number of nitrogens with zero attached hydrogens (tertiary/aromatic N) is 2. The van der Waals surface area contributed by atoms with E-state index in [-0.39, 0.29) is 17.4 Å². The smallest absolute Gasteiger partial charge is 0.224 e. The summed E-state index contributed by atoms with van der Waals surface area (Å²) in [5, 5.41) is 0. The molecule has 1 spiro atoms. The maximum absolute atomic E-state index is 12.7. The minimum atomic E-state index is 0.0360. The number of anilines is 1. The van der Waals surface area contributed by atoms with E-state index < -0.39 is 0 Å². The number of hydrogen-bond acceptors (Lipinski definition) is 3. The van der Waals surface area contributed by atoms with Crippen LogP contribution in [-0.4, -0.2) is 43.1 Å². The van der Waals surface area contributed by atoms with Crippen LogP contribution in [0.3, 0.4) is 0 Å². The van der Waals surface area contributed by atoms with Crippen LogP contribution < -0.4 is 9.64 Å². The number of ether oxygens (including phenoxy) is 1. The van der Waals surface area contributed by atoms with Gasteiger partial charge in [0.15, 0.2) is 0 Å². The van der Waals surface area contributed by atoms with Gasteiger partial charge in [0.05, 0.1) is 12.8 Å². The molecule has 3 aliphatic heterocycles. The molecular weight excluding hydrogens is 312 g/mol. The fraction of sp³-hybridized carbons (Fsp3) is 0.571. The molecule has 4 unspecified atom stereocenters. The average molecular weight is 338 g/mol. The second kappa shape index (κ2) is 5.10. The Hall–Kier alpha value is -1.81. The summed E-state index contributed by atoms with van der Waals surface area (Å²) in [6, 6.07) is 7.06. The molecule has 4 atom stereocenters. The van der Waals surface area contributed by atoms with E-state index in [1.807, 2.05) is 6.07 Å². The van der Waals surface area contributed by atoms with Crippen molar-refractivity contribution >= 4 is 11.6 Å². The number of carbonyl (C=O) groups excluding carboxylic acids is 1. The second-order valence-electron chi connectivity index (χ2n) is 8.00. The van der Waals surface area contributed by atoms with Crippen molar-refractivity contribution in [1.29, 1.82) is 0 Å². The van der Waals surface area contributed by atoms with Crippen molar-refractivity contribution in [3.63, 3.8) is 0 Å². The van der Waals surface area contributed by atoms with Crippen LogP contribution in [0.2, 0.25) is 0 Å². The maximum atomic E-state index is 12.7. The van der Waals surface area contributed by atoms with Gasteiger partial charge in [-0.25, -0.2) is 0 Å². The molecule has 132 valence electrons. The molecule has 4 heteroatoms. The first-order chi connectivity index (χ1) is 12.1. The number of rotatable bonds is 1. The summed E-state index contributed by atoms with van der Waals surface area (Å²) in [4.78, 5) is 17.5. The Morgan fingerprint density at radius 2 is 2.20 bits per heavy atom. The van der Waals surface area contributed by atoms with Crippen molar-refractivity contribution in [2.45, 2.75) is 50.6 Å². The van der Waals surface area contributed by atoms with Gasteiger partial charge in [0.2, 0.25) is 5.91 Å². The number of benzene rings is 1. The first kappa shape index (κ1) is 15.4. The lowest BCUT2D eigenvalue weighted by molar-refractivity contribution is -0.117. The van der Waals surface area contributed by atoms with E-state index in [2.05, 4.69) is 34.9 Å². The van der Waals surface area contributed by atoms with Gasteiger partial charge in [0, 0.05) is 24.4 Å². The van der Waals surface area contributed by atoms with Gasteiger partial charge in [-0.3, -0.25) is 9.69 Å². The predicted octanol–water partition coefficient (Wildman–Crippen LogP) is 3.11. The highest BCUT2D eigenvalue weighted by Crippen LogP contribution is 2.63. The van der Waals surface area contributed by atoms with E-state index in [4.69, 9.17) is 4.74 Å². The maximum Gasteiger partial charge on any atom is 0.224 e. The van der Waals surface area contributed by atoms with E-state index in [0.29, 0.717) is 12.0 Å². The standard InChI is InChI=1S/C21H26N2O2/c1-4-15-14-8-10-22-11-9-21(20(15)22)16-6-5-7-17(25-3)19(16)23(13(2)24)18(21)12-14/h4-7,14,18,20H,8-12H2,1-3H3. The molecule has 3 heterocycles. The minimum absolute atomic E-state index is 0.0360. The second-order valence-corrected chi connectivity index (χ2v) is 8.00. The van der Waals surface area contributed by atoms with Gasteiger partial charge in [-0.15, -0.1) is 0 Å². The van der Waals surface area contributed by atoms with Gasteiger partial charge in [0.25, 0.3) is 0 Å². The SMILES string of the molecule is CC=C1C2CCN3CCC4(c5cccc(OC)c5N(C(C)=O)C4C2)C13. The highest BCUT2D eigenvalue weighted by atomic mass is 16.5. The molecule has 5 rings (SSSR count). The van der Waals surface area contributed by atoms with Crippen molar-refractivity contribution in [3.05, 3.63) is 35.4 Å². The molecule has 2 bridgehead atoms. The molecule has 1 saturated carbocycles. The number of hydrogen-bond donors (Lipinski definition) is 0. The summed E-state index contributed by atoms with van der Waals surface area (Å²) in [6.07, 6.45) is 5.81. The quantitative estimate of drug-likeness (QED) is 0.738. The lowest BCUT2D eigenvalue weighted by Gasteiger charge is -2.53. The summed E-state index contributed by atoms with van der Waals surface area (Å²) < 4.78 is 5.69. The lowest BCUT2D eigenvalue weighted by atomic mass is 9.58. The first-order valence-electron chi connectivity index (χ1n) is 9.51. The normalized spacial score (nSPS) is 37.2. The highest BCUT2D eigenvalue weighted by Gasteiger charge is 2.66. The molecule has 0 radical (unpaired) electrons. The molecule has 4 aliphatic rings. The summed E-state index contributed by atoms with van der Waals surface area (Å²) in [6.45, 7) is 6.24. The van der Waals surface area contributed by atoms with Crippen molar-refractivity contribution in [2.24, 2.45) is 5.92 Å². The predicted molar refractivity (Wildman–Crippen MR) is 98.1 cm³/mol. The molecule has 1 aromatic rings. The van der Waals surface area contributed by atoms with Crippen LogP contribution in [0.5, 0.6) is 5.75 Å². The molecule has 1 amide bonds. The van der Waals surface area contributed by atoms with Crippen LogP contribution in [0.1, 0.15) is 38.7 Å². The number of piperidine rings is 1. The number of amides is 1. The summed E-state index contributed by atoms with van der Waals surface area (Å²) in [5.74, 6) is 1.60. The van der Waals surface area contributed by atoms with E-state index in [1.54, 1.807) is 19.6 Å². The first-order valence-corrected chi connectivity index (χ1v) is 9.51. The molecule has 4 nitrogen and oxygen atoms in total. The Balaban J connectivity index is 1.80. The largest absolute Gasteiger partial charge is 0.495 e. The van der Waals surface area contributed by atoms with Crippen LogP contribution in [0.4, 0.5) is 5.69 Å². The zero-order chi connectivity index (χ0) is 17.3. The monoisotopic (exact) mass is 338 g/mol. The number of fused-ring (bicyclic) bond motifs is 2. The van der Waals surface area contributed by atoms with Crippen molar-refractivity contribution in [1.82, 2.24) is 4.90 Å². The van der Waals surface area contributed by atoms with Gasteiger partial charge in [-0.2, -0.15) is 0 Å². The third-order valence-corrected chi connectivity index (χ3v) is 7.27. The fourth-order valence-corrected chi connectivity index (χ4v) is 6.50. The number of para-hydroxylation sites is 1. The van der Waals surface area contributed by atoms with Crippen molar-refractivity contribution in [2.75, 3.05) is 25.1 Å². The van der Waals surface area contributed by atoms with Gasteiger partial charge in [-0.05, 0) is 56.8 Å². The van der Waals surface area contributed by atoms with Gasteiger partial charge in [-0.1, -0.05) is 23.8 Å². The zero-order valence-electron chi connectivity index (χ0n) is 15.3. The zero-order valence-corrected chi connectivity index (χ0v) is 15.3. The lowest BCUT2D eigenvalue weighted by Crippen LogP contribution is -2.61. The van der Waals surface area contributed by atoms with Crippen LogP contribution in [-0.2, 0) is 10.2 Å². The minimum Gasteiger partial charge on any atom is -0.495 e. The molecule has 3 fully saturated rings. The Bertz CT molecular complexity index is 786. The number of methoxy groups -OCH3 is 1. The fourth-order valence-electron chi connectivity index (χ4n) is 6.50. The Labute approximate surface area is 149 Å². The van der Waals surface area contributed by atoms with Crippen LogP contribution in [0.15, 0.2) is 29.8 Å². The third kappa shape index (κ3) is 1.69. The van der Waals surface area contributed by atoms with E-state index in [0.717, 1.165) is 30.8 Å².